The molecular formula is C13H23N3OS. The van der Waals surface area contributed by atoms with Crippen molar-refractivity contribution in [1.29, 1.82) is 0 Å². The van der Waals surface area contributed by atoms with Crippen LogP contribution in [0.25, 0.3) is 0 Å². The van der Waals surface area contributed by atoms with Gasteiger partial charge in [0.05, 0.1) is 11.9 Å². The van der Waals surface area contributed by atoms with Gasteiger partial charge in [0.25, 0.3) is 0 Å². The highest BCUT2D eigenvalue weighted by molar-refractivity contribution is 7.99. The molecule has 1 N–H and O–H groups in total. The Hall–Kier alpha value is -0.550. The smallest absolute Gasteiger partial charge is 0.106 e. The van der Waals surface area contributed by atoms with E-state index >= 15 is 0 Å². The van der Waals surface area contributed by atoms with Crippen molar-refractivity contribution in [3.05, 3.63) is 11.9 Å². The van der Waals surface area contributed by atoms with Crippen LogP contribution in [0.3, 0.4) is 0 Å². The van der Waals surface area contributed by atoms with E-state index in [-0.39, 0.29) is 0 Å². The second kappa shape index (κ2) is 7.14. The first-order chi connectivity index (χ1) is 8.81. The molecule has 0 saturated heterocycles. The second-order valence-corrected chi connectivity index (χ2v) is 6.32. The van der Waals surface area contributed by atoms with Crippen molar-refractivity contribution in [3.63, 3.8) is 0 Å². The summed E-state index contributed by atoms with van der Waals surface area (Å²) in [5.74, 6) is 0.766. The number of aryl methyl sites for hydroxylation is 1. The van der Waals surface area contributed by atoms with Gasteiger partial charge >= 0.3 is 0 Å². The van der Waals surface area contributed by atoms with Gasteiger partial charge in [-0.15, -0.1) is 5.10 Å². The van der Waals surface area contributed by atoms with Crippen LogP contribution in [0.2, 0.25) is 0 Å². The fourth-order valence-electron chi connectivity index (χ4n) is 2.45. The summed E-state index contributed by atoms with van der Waals surface area (Å²) in [6.45, 7) is 2.94. The van der Waals surface area contributed by atoms with Crippen molar-refractivity contribution in [2.24, 2.45) is 0 Å². The largest absolute Gasteiger partial charge is 0.386 e. The Morgan fingerprint density at radius 3 is 2.94 bits per heavy atom. The van der Waals surface area contributed by atoms with Crippen LogP contribution >= 0.6 is 11.8 Å². The molecule has 1 aromatic heterocycles. The minimum Gasteiger partial charge on any atom is -0.386 e. The molecule has 18 heavy (non-hydrogen) atoms. The van der Waals surface area contributed by atoms with Gasteiger partial charge < -0.3 is 5.11 Å². The van der Waals surface area contributed by atoms with Crippen LogP contribution in [-0.2, 0) is 6.54 Å². The summed E-state index contributed by atoms with van der Waals surface area (Å²) >= 11 is 1.91. The van der Waals surface area contributed by atoms with E-state index in [0.29, 0.717) is 0 Å². The van der Waals surface area contributed by atoms with Crippen LogP contribution in [0.5, 0.6) is 0 Å². The highest BCUT2D eigenvalue weighted by Gasteiger charge is 2.18. The van der Waals surface area contributed by atoms with E-state index in [1.165, 1.54) is 32.1 Å². The van der Waals surface area contributed by atoms with Gasteiger partial charge in [0.1, 0.15) is 6.10 Å². The SMILES string of the molecule is CCCn1nncc1C(O)CSC1CCCCC1. The van der Waals surface area contributed by atoms with Crippen LogP contribution < -0.4 is 0 Å². The van der Waals surface area contributed by atoms with Gasteiger partial charge in [-0.2, -0.15) is 11.8 Å². The van der Waals surface area contributed by atoms with E-state index in [9.17, 15) is 5.11 Å². The third-order valence-electron chi connectivity index (χ3n) is 3.47. The number of thioether (sulfide) groups is 1. The fourth-order valence-corrected chi connectivity index (χ4v) is 3.75. The molecule has 1 atom stereocenters. The molecule has 0 bridgehead atoms. The molecular weight excluding hydrogens is 246 g/mol. The Kier molecular flexibility index (Phi) is 5.50. The van der Waals surface area contributed by atoms with Crippen molar-refractivity contribution in [2.45, 2.75) is 63.3 Å². The zero-order valence-electron chi connectivity index (χ0n) is 11.1. The van der Waals surface area contributed by atoms with Crippen LogP contribution in [0.1, 0.15) is 57.2 Å². The molecule has 1 unspecified atom stereocenters. The third kappa shape index (κ3) is 3.72. The monoisotopic (exact) mass is 269 g/mol. The first-order valence-corrected chi connectivity index (χ1v) is 8.04. The van der Waals surface area contributed by atoms with Crippen LogP contribution in [0, 0.1) is 0 Å². The maximum absolute atomic E-state index is 10.2. The number of hydrogen-bond donors (Lipinski definition) is 1. The number of hydrogen-bond acceptors (Lipinski definition) is 4. The van der Waals surface area contributed by atoms with Gasteiger partial charge in [0.2, 0.25) is 0 Å². The minimum absolute atomic E-state index is 0.432. The predicted molar refractivity (Wildman–Crippen MR) is 74.6 cm³/mol. The zero-order valence-corrected chi connectivity index (χ0v) is 11.9. The van der Waals surface area contributed by atoms with E-state index in [4.69, 9.17) is 0 Å². The number of aromatic nitrogens is 3. The fraction of sp³-hybridized carbons (Fsp3) is 0.846. The van der Waals surface area contributed by atoms with E-state index in [1.807, 2.05) is 16.4 Å². The first-order valence-electron chi connectivity index (χ1n) is 6.99. The minimum atomic E-state index is -0.432. The van der Waals surface area contributed by atoms with Crippen molar-refractivity contribution >= 4 is 11.8 Å². The van der Waals surface area contributed by atoms with E-state index in [2.05, 4.69) is 17.2 Å². The van der Waals surface area contributed by atoms with Gasteiger partial charge in [0, 0.05) is 17.5 Å². The molecule has 1 aromatic rings. The average Bonchev–Trinajstić information content (AvgIpc) is 2.86. The van der Waals surface area contributed by atoms with Crippen LogP contribution in [0.4, 0.5) is 0 Å². The molecule has 0 amide bonds. The lowest BCUT2D eigenvalue weighted by molar-refractivity contribution is 0.191. The number of nitrogens with zero attached hydrogens (tertiary/aromatic N) is 3. The summed E-state index contributed by atoms with van der Waals surface area (Å²) in [6.07, 6.45) is 8.98. The first kappa shape index (κ1) is 13.9. The van der Waals surface area contributed by atoms with E-state index in [1.54, 1.807) is 6.20 Å². The van der Waals surface area contributed by atoms with E-state index in [0.717, 1.165) is 29.7 Å². The maximum atomic E-state index is 10.2. The third-order valence-corrected chi connectivity index (χ3v) is 4.92. The molecule has 4 nitrogen and oxygen atoms in total. The summed E-state index contributed by atoms with van der Waals surface area (Å²) in [5.41, 5.74) is 0.861. The molecule has 1 fully saturated rings. The molecule has 0 radical (unpaired) electrons. The summed E-state index contributed by atoms with van der Waals surface area (Å²) in [6, 6.07) is 0. The maximum Gasteiger partial charge on any atom is 0.106 e. The number of aliphatic hydroxyl groups is 1. The summed E-state index contributed by atoms with van der Waals surface area (Å²) in [4.78, 5) is 0. The van der Waals surface area contributed by atoms with Crippen LogP contribution in [0.15, 0.2) is 6.20 Å². The molecule has 5 heteroatoms. The molecule has 2 rings (SSSR count). The Bertz CT molecular complexity index is 350. The Morgan fingerprint density at radius 2 is 2.22 bits per heavy atom. The van der Waals surface area contributed by atoms with Gasteiger partial charge in [-0.05, 0) is 19.3 Å². The van der Waals surface area contributed by atoms with Crippen LogP contribution in [-0.4, -0.2) is 31.1 Å². The van der Waals surface area contributed by atoms with Crippen molar-refractivity contribution < 1.29 is 5.11 Å². The zero-order chi connectivity index (χ0) is 12.8. The molecule has 1 saturated carbocycles. The highest BCUT2D eigenvalue weighted by atomic mass is 32.2. The van der Waals surface area contributed by atoms with Crippen molar-refractivity contribution in [2.75, 3.05) is 5.75 Å². The number of aliphatic hydroxyl groups excluding tert-OH is 1. The molecule has 102 valence electrons. The van der Waals surface area contributed by atoms with Gasteiger partial charge in [-0.25, -0.2) is 4.68 Å². The van der Waals surface area contributed by atoms with Crippen molar-refractivity contribution in [1.82, 2.24) is 15.0 Å². The lowest BCUT2D eigenvalue weighted by Crippen LogP contribution is -2.14. The lowest BCUT2D eigenvalue weighted by atomic mass is 10.0. The van der Waals surface area contributed by atoms with Crippen molar-refractivity contribution in [3.8, 4) is 0 Å². The van der Waals surface area contributed by atoms with E-state index < -0.39 is 6.10 Å². The van der Waals surface area contributed by atoms with Gasteiger partial charge in [-0.3, -0.25) is 0 Å². The summed E-state index contributed by atoms with van der Waals surface area (Å²) in [7, 11) is 0. The molecule has 0 spiro atoms. The normalized spacial score (nSPS) is 19.0. The molecule has 0 aromatic carbocycles. The molecule has 0 aliphatic heterocycles. The Labute approximate surface area is 113 Å². The average molecular weight is 269 g/mol. The standard InChI is InChI=1S/C13H23N3OS/c1-2-8-16-12(9-14-15-16)13(17)10-18-11-6-4-3-5-7-11/h9,11,13,17H,2-8,10H2,1H3. The lowest BCUT2D eigenvalue weighted by Gasteiger charge is -2.22. The summed E-state index contributed by atoms with van der Waals surface area (Å²) in [5, 5.41) is 18.9. The van der Waals surface area contributed by atoms with Gasteiger partial charge in [0.15, 0.2) is 0 Å². The predicted octanol–water partition coefficient (Wildman–Crippen LogP) is 2.79. The molecule has 1 aliphatic carbocycles. The quantitative estimate of drug-likeness (QED) is 0.863. The second-order valence-electron chi connectivity index (χ2n) is 4.99. The highest BCUT2D eigenvalue weighted by Crippen LogP contribution is 2.30. The Balaban J connectivity index is 1.82. The Morgan fingerprint density at radius 1 is 1.44 bits per heavy atom. The molecule has 1 heterocycles. The number of rotatable bonds is 6. The van der Waals surface area contributed by atoms with Gasteiger partial charge in [-0.1, -0.05) is 31.4 Å². The summed E-state index contributed by atoms with van der Waals surface area (Å²) < 4.78 is 1.83. The topological polar surface area (TPSA) is 50.9 Å². The molecule has 1 aliphatic rings.